The normalized spacial score (nSPS) is 10.3. The van der Waals surface area contributed by atoms with Gasteiger partial charge in [-0.05, 0) is 37.5 Å². The van der Waals surface area contributed by atoms with Crippen LogP contribution in [0.25, 0.3) is 0 Å². The maximum Gasteiger partial charge on any atom is 0.339 e. The molecule has 0 aliphatic carbocycles. The van der Waals surface area contributed by atoms with E-state index in [0.29, 0.717) is 12.2 Å². The summed E-state index contributed by atoms with van der Waals surface area (Å²) in [5.41, 5.74) is 1.64. The molecule has 0 bridgehead atoms. The summed E-state index contributed by atoms with van der Waals surface area (Å²) >= 11 is 0. The molecule has 0 aliphatic rings. The van der Waals surface area contributed by atoms with Crippen LogP contribution in [-0.2, 0) is 4.74 Å². The Labute approximate surface area is 119 Å². The fourth-order valence-corrected chi connectivity index (χ4v) is 2.03. The van der Waals surface area contributed by atoms with Crippen LogP contribution in [0.3, 0.4) is 0 Å². The van der Waals surface area contributed by atoms with Gasteiger partial charge in [0, 0.05) is 0 Å². The minimum absolute atomic E-state index is 0.0450. The minimum Gasteiger partial charge on any atom is -0.478 e. The minimum atomic E-state index is -1.09. The number of hydrogen-bond donors (Lipinski definition) is 1. The lowest BCUT2D eigenvalue weighted by Gasteiger charge is -2.11. The monoisotopic (exact) mass is 278 g/mol. The van der Waals surface area contributed by atoms with Gasteiger partial charge in [0.15, 0.2) is 0 Å². The molecule has 0 aliphatic heterocycles. The van der Waals surface area contributed by atoms with E-state index in [9.17, 15) is 14.7 Å². The summed E-state index contributed by atoms with van der Waals surface area (Å²) in [4.78, 5) is 23.3. The third-order valence-electron chi connectivity index (χ3n) is 3.40. The third-order valence-corrected chi connectivity index (χ3v) is 3.40. The summed E-state index contributed by atoms with van der Waals surface area (Å²) in [5.74, 6) is -1.65. The largest absolute Gasteiger partial charge is 0.478 e. The number of carbonyl (C=O) groups is 2. The Bertz CT molecular complexity index is 491. The molecule has 0 amide bonds. The zero-order valence-electron chi connectivity index (χ0n) is 12.4. The number of benzene rings is 1. The average Bonchev–Trinajstić information content (AvgIpc) is 2.40. The Morgan fingerprint density at radius 2 is 1.85 bits per heavy atom. The number of esters is 1. The predicted octanol–water partition coefficient (Wildman–Crippen LogP) is 3.74. The van der Waals surface area contributed by atoms with Crippen molar-refractivity contribution in [2.24, 2.45) is 0 Å². The van der Waals surface area contributed by atoms with Crippen molar-refractivity contribution in [2.45, 2.75) is 46.5 Å². The van der Waals surface area contributed by atoms with E-state index < -0.39 is 11.9 Å². The van der Waals surface area contributed by atoms with Crippen LogP contribution in [-0.4, -0.2) is 23.7 Å². The number of unbranched alkanes of at least 4 members (excludes halogenated alkanes) is 3. The molecule has 0 aromatic heterocycles. The summed E-state index contributed by atoms with van der Waals surface area (Å²) in [7, 11) is 0. The van der Waals surface area contributed by atoms with Gasteiger partial charge in [-0.1, -0.05) is 32.3 Å². The van der Waals surface area contributed by atoms with Crippen molar-refractivity contribution in [2.75, 3.05) is 6.61 Å². The van der Waals surface area contributed by atoms with Crippen molar-refractivity contribution in [1.29, 1.82) is 0 Å². The fraction of sp³-hybridized carbons (Fsp3) is 0.500. The summed E-state index contributed by atoms with van der Waals surface area (Å²) in [6.07, 6.45) is 4.06. The lowest BCUT2D eigenvalue weighted by Crippen LogP contribution is -2.14. The molecule has 20 heavy (non-hydrogen) atoms. The van der Waals surface area contributed by atoms with E-state index >= 15 is 0 Å². The van der Waals surface area contributed by atoms with E-state index in [1.165, 1.54) is 6.07 Å². The standard InChI is InChI=1S/C16H22O4/c1-4-5-6-7-10-20-16(19)13-9-8-11(2)12(3)14(13)15(17)18/h8-9H,4-7,10H2,1-3H3,(H,17,18). The summed E-state index contributed by atoms with van der Waals surface area (Å²) < 4.78 is 5.16. The molecule has 0 saturated heterocycles. The summed E-state index contributed by atoms with van der Waals surface area (Å²) in [6.45, 7) is 5.98. The second-order valence-electron chi connectivity index (χ2n) is 4.93. The molecule has 1 N–H and O–H groups in total. The first-order valence-electron chi connectivity index (χ1n) is 6.99. The quantitative estimate of drug-likeness (QED) is 0.609. The second kappa shape index (κ2) is 7.68. The van der Waals surface area contributed by atoms with E-state index in [-0.39, 0.29) is 11.1 Å². The van der Waals surface area contributed by atoms with Crippen LogP contribution < -0.4 is 0 Å². The number of carboxylic acid groups (broad SMARTS) is 1. The van der Waals surface area contributed by atoms with E-state index in [1.807, 2.05) is 6.92 Å². The number of rotatable bonds is 7. The van der Waals surface area contributed by atoms with Gasteiger partial charge in [0.25, 0.3) is 0 Å². The number of carbonyl (C=O) groups excluding carboxylic acids is 1. The van der Waals surface area contributed by atoms with Crippen LogP contribution in [0.1, 0.15) is 64.4 Å². The molecule has 4 heteroatoms. The Balaban J connectivity index is 2.78. The smallest absolute Gasteiger partial charge is 0.339 e. The van der Waals surface area contributed by atoms with Gasteiger partial charge in [0.1, 0.15) is 0 Å². The first-order valence-corrected chi connectivity index (χ1v) is 6.99. The molecule has 0 saturated carbocycles. The Morgan fingerprint density at radius 3 is 2.45 bits per heavy atom. The molecule has 1 aromatic carbocycles. The molecular formula is C16H22O4. The van der Waals surface area contributed by atoms with Gasteiger partial charge < -0.3 is 9.84 Å². The first-order chi connectivity index (χ1) is 9.49. The van der Waals surface area contributed by atoms with Crippen molar-refractivity contribution < 1.29 is 19.4 Å². The molecule has 0 unspecified atom stereocenters. The second-order valence-corrected chi connectivity index (χ2v) is 4.93. The van der Waals surface area contributed by atoms with Gasteiger partial charge in [-0.3, -0.25) is 0 Å². The van der Waals surface area contributed by atoms with E-state index in [2.05, 4.69) is 6.92 Å². The van der Waals surface area contributed by atoms with E-state index in [4.69, 9.17) is 4.74 Å². The topological polar surface area (TPSA) is 63.6 Å². The molecule has 1 aromatic rings. The van der Waals surface area contributed by atoms with Crippen LogP contribution in [0.4, 0.5) is 0 Å². The van der Waals surface area contributed by atoms with Crippen molar-refractivity contribution in [1.82, 2.24) is 0 Å². The van der Waals surface area contributed by atoms with E-state index in [1.54, 1.807) is 13.0 Å². The van der Waals surface area contributed by atoms with Crippen LogP contribution in [0, 0.1) is 13.8 Å². The van der Waals surface area contributed by atoms with Gasteiger partial charge in [0.2, 0.25) is 0 Å². The fourth-order valence-electron chi connectivity index (χ4n) is 2.03. The molecule has 4 nitrogen and oxygen atoms in total. The Morgan fingerprint density at radius 1 is 1.15 bits per heavy atom. The van der Waals surface area contributed by atoms with Gasteiger partial charge in [-0.2, -0.15) is 0 Å². The Kier molecular flexibility index (Phi) is 6.22. The summed E-state index contributed by atoms with van der Waals surface area (Å²) in [5, 5.41) is 9.25. The van der Waals surface area contributed by atoms with Gasteiger partial charge in [-0.15, -0.1) is 0 Å². The van der Waals surface area contributed by atoms with Gasteiger partial charge in [-0.25, -0.2) is 9.59 Å². The molecule has 0 heterocycles. The van der Waals surface area contributed by atoms with Crippen LogP contribution >= 0.6 is 0 Å². The first kappa shape index (κ1) is 16.2. The SMILES string of the molecule is CCCCCCOC(=O)c1ccc(C)c(C)c1C(=O)O. The molecule has 0 fully saturated rings. The van der Waals surface area contributed by atoms with Gasteiger partial charge in [0.05, 0.1) is 17.7 Å². The maximum absolute atomic E-state index is 12.0. The number of aromatic carboxylic acids is 1. The number of carboxylic acids is 1. The zero-order valence-corrected chi connectivity index (χ0v) is 12.4. The molecule has 0 atom stereocenters. The predicted molar refractivity (Wildman–Crippen MR) is 77.3 cm³/mol. The van der Waals surface area contributed by atoms with Crippen molar-refractivity contribution in [3.8, 4) is 0 Å². The maximum atomic E-state index is 12.0. The zero-order chi connectivity index (χ0) is 15.1. The highest BCUT2D eigenvalue weighted by Gasteiger charge is 2.20. The molecule has 1 rings (SSSR count). The molecule has 110 valence electrons. The van der Waals surface area contributed by atoms with Crippen molar-refractivity contribution >= 4 is 11.9 Å². The lowest BCUT2D eigenvalue weighted by molar-refractivity contribution is 0.0487. The highest BCUT2D eigenvalue weighted by Crippen LogP contribution is 2.19. The summed E-state index contributed by atoms with van der Waals surface area (Å²) in [6, 6.07) is 3.27. The van der Waals surface area contributed by atoms with Crippen molar-refractivity contribution in [3.05, 3.63) is 34.4 Å². The molecule has 0 radical (unpaired) electrons. The van der Waals surface area contributed by atoms with Crippen LogP contribution in [0.2, 0.25) is 0 Å². The number of hydrogen-bond acceptors (Lipinski definition) is 3. The molecule has 0 spiro atoms. The van der Waals surface area contributed by atoms with Crippen LogP contribution in [0.15, 0.2) is 12.1 Å². The number of aryl methyl sites for hydroxylation is 1. The van der Waals surface area contributed by atoms with Crippen LogP contribution in [0.5, 0.6) is 0 Å². The lowest BCUT2D eigenvalue weighted by atomic mass is 9.98. The third kappa shape index (κ3) is 4.08. The van der Waals surface area contributed by atoms with Crippen molar-refractivity contribution in [3.63, 3.8) is 0 Å². The van der Waals surface area contributed by atoms with E-state index in [0.717, 1.165) is 31.2 Å². The Hall–Kier alpha value is -1.84. The highest BCUT2D eigenvalue weighted by atomic mass is 16.5. The highest BCUT2D eigenvalue weighted by molar-refractivity contribution is 6.03. The molecular weight excluding hydrogens is 256 g/mol. The average molecular weight is 278 g/mol. The number of ether oxygens (including phenoxy) is 1. The van der Waals surface area contributed by atoms with Gasteiger partial charge >= 0.3 is 11.9 Å².